The highest BCUT2D eigenvalue weighted by Crippen LogP contribution is 2.26. The van der Waals surface area contributed by atoms with Crippen LogP contribution in [0.15, 0.2) is 24.3 Å². The predicted molar refractivity (Wildman–Crippen MR) is 81.8 cm³/mol. The highest BCUT2D eigenvalue weighted by Gasteiger charge is 2.36. The SMILES string of the molecule is CCOC(=O)C(C)(COc1ccccc1OC)NC(C)C. The molecule has 0 saturated carbocycles. The maximum Gasteiger partial charge on any atom is 0.329 e. The number of hydrogen-bond donors (Lipinski definition) is 1. The van der Waals surface area contributed by atoms with Gasteiger partial charge in [-0.25, -0.2) is 4.79 Å². The van der Waals surface area contributed by atoms with Crippen LogP contribution < -0.4 is 14.8 Å². The molecule has 0 bridgehead atoms. The summed E-state index contributed by atoms with van der Waals surface area (Å²) in [5.74, 6) is 0.905. The number of rotatable bonds is 8. The van der Waals surface area contributed by atoms with Gasteiger partial charge in [0.05, 0.1) is 13.7 Å². The van der Waals surface area contributed by atoms with Gasteiger partial charge in [0.25, 0.3) is 0 Å². The summed E-state index contributed by atoms with van der Waals surface area (Å²) in [7, 11) is 1.58. The molecule has 0 heterocycles. The van der Waals surface area contributed by atoms with E-state index < -0.39 is 5.54 Å². The van der Waals surface area contributed by atoms with Gasteiger partial charge in [0.2, 0.25) is 0 Å². The lowest BCUT2D eigenvalue weighted by atomic mass is 10.0. The van der Waals surface area contributed by atoms with Crippen molar-refractivity contribution >= 4 is 5.97 Å². The van der Waals surface area contributed by atoms with E-state index in [2.05, 4.69) is 5.32 Å². The van der Waals surface area contributed by atoms with E-state index in [0.717, 1.165) is 0 Å². The fraction of sp³-hybridized carbons (Fsp3) is 0.562. The molecule has 1 aromatic carbocycles. The third-order valence-corrected chi connectivity index (χ3v) is 2.92. The van der Waals surface area contributed by atoms with Gasteiger partial charge in [0, 0.05) is 6.04 Å². The van der Waals surface area contributed by atoms with E-state index in [1.54, 1.807) is 27.0 Å². The molecule has 0 aliphatic carbocycles. The maximum atomic E-state index is 12.2. The van der Waals surface area contributed by atoms with Crippen molar-refractivity contribution in [2.75, 3.05) is 20.3 Å². The minimum absolute atomic E-state index is 0.126. The first-order chi connectivity index (χ1) is 9.92. The number of para-hydroxylation sites is 2. The Morgan fingerprint density at radius 1 is 1.29 bits per heavy atom. The zero-order chi connectivity index (χ0) is 15.9. The largest absolute Gasteiger partial charge is 0.493 e. The standard InChI is InChI=1S/C16H25NO4/c1-6-20-15(18)16(4,17-12(2)3)11-21-14-10-8-7-9-13(14)19-5/h7-10,12,17H,6,11H2,1-5H3. The molecule has 1 unspecified atom stereocenters. The van der Waals surface area contributed by atoms with Crippen molar-refractivity contribution < 1.29 is 19.0 Å². The van der Waals surface area contributed by atoms with Crippen LogP contribution in [0, 0.1) is 0 Å². The molecule has 5 nitrogen and oxygen atoms in total. The normalized spacial score (nSPS) is 13.6. The van der Waals surface area contributed by atoms with Crippen molar-refractivity contribution in [3.8, 4) is 11.5 Å². The average molecular weight is 295 g/mol. The molecule has 0 radical (unpaired) electrons. The number of hydrogen-bond acceptors (Lipinski definition) is 5. The van der Waals surface area contributed by atoms with Gasteiger partial charge in [-0.3, -0.25) is 5.32 Å². The number of nitrogens with one attached hydrogen (secondary N) is 1. The second-order valence-corrected chi connectivity index (χ2v) is 5.29. The number of esters is 1. The van der Waals surface area contributed by atoms with Gasteiger partial charge in [-0.15, -0.1) is 0 Å². The Balaban J connectivity index is 2.84. The average Bonchev–Trinajstić information content (AvgIpc) is 2.45. The Hall–Kier alpha value is -1.75. The Bertz CT molecular complexity index is 461. The summed E-state index contributed by atoms with van der Waals surface area (Å²) >= 11 is 0. The summed E-state index contributed by atoms with van der Waals surface area (Å²) in [6.07, 6.45) is 0. The number of benzene rings is 1. The van der Waals surface area contributed by atoms with Crippen LogP contribution in [0.1, 0.15) is 27.7 Å². The molecular formula is C16H25NO4. The molecule has 1 N–H and O–H groups in total. The Morgan fingerprint density at radius 3 is 2.43 bits per heavy atom. The third kappa shape index (κ3) is 4.93. The van der Waals surface area contributed by atoms with E-state index in [1.807, 2.05) is 32.0 Å². The fourth-order valence-corrected chi connectivity index (χ4v) is 2.05. The summed E-state index contributed by atoms with van der Waals surface area (Å²) in [5, 5.41) is 3.21. The third-order valence-electron chi connectivity index (χ3n) is 2.92. The minimum atomic E-state index is -0.912. The smallest absolute Gasteiger partial charge is 0.329 e. The molecule has 0 aliphatic heterocycles. The number of ether oxygens (including phenoxy) is 3. The van der Waals surface area contributed by atoms with Crippen molar-refractivity contribution in [3.05, 3.63) is 24.3 Å². The lowest BCUT2D eigenvalue weighted by molar-refractivity contribution is -0.152. The Labute approximate surface area is 126 Å². The maximum absolute atomic E-state index is 12.2. The van der Waals surface area contributed by atoms with Crippen LogP contribution in [-0.2, 0) is 9.53 Å². The second-order valence-electron chi connectivity index (χ2n) is 5.29. The molecule has 21 heavy (non-hydrogen) atoms. The van der Waals surface area contributed by atoms with Crippen LogP contribution in [0.4, 0.5) is 0 Å². The fourth-order valence-electron chi connectivity index (χ4n) is 2.05. The van der Waals surface area contributed by atoms with Crippen molar-refractivity contribution in [2.24, 2.45) is 0 Å². The molecule has 0 aromatic heterocycles. The summed E-state index contributed by atoms with van der Waals surface area (Å²) < 4.78 is 16.2. The molecule has 0 fully saturated rings. The van der Waals surface area contributed by atoms with Gasteiger partial charge in [-0.2, -0.15) is 0 Å². The van der Waals surface area contributed by atoms with Crippen LogP contribution in [0.25, 0.3) is 0 Å². The van der Waals surface area contributed by atoms with E-state index in [-0.39, 0.29) is 18.6 Å². The molecule has 0 amide bonds. The lowest BCUT2D eigenvalue weighted by Crippen LogP contribution is -2.57. The first-order valence-electron chi connectivity index (χ1n) is 7.13. The van der Waals surface area contributed by atoms with Crippen LogP contribution >= 0.6 is 0 Å². The van der Waals surface area contributed by atoms with Gasteiger partial charge in [-0.05, 0) is 39.8 Å². The predicted octanol–water partition coefficient (Wildman–Crippen LogP) is 2.39. The quantitative estimate of drug-likeness (QED) is 0.746. The summed E-state index contributed by atoms with van der Waals surface area (Å²) in [4.78, 5) is 12.2. The number of carbonyl (C=O) groups excluding carboxylic acids is 1. The van der Waals surface area contributed by atoms with Gasteiger partial charge < -0.3 is 14.2 Å². The molecule has 0 saturated heterocycles. The summed E-state index contributed by atoms with van der Waals surface area (Å²) in [6.45, 7) is 8.00. The highest BCUT2D eigenvalue weighted by atomic mass is 16.5. The first-order valence-corrected chi connectivity index (χ1v) is 7.13. The van der Waals surface area contributed by atoms with Gasteiger partial charge in [0.15, 0.2) is 11.5 Å². The van der Waals surface area contributed by atoms with Crippen molar-refractivity contribution in [3.63, 3.8) is 0 Å². The summed E-state index contributed by atoms with van der Waals surface area (Å²) in [5.41, 5.74) is -0.912. The van der Waals surface area contributed by atoms with Crippen molar-refractivity contribution in [1.29, 1.82) is 0 Å². The van der Waals surface area contributed by atoms with Crippen LogP contribution in [-0.4, -0.2) is 37.9 Å². The van der Waals surface area contributed by atoms with E-state index in [9.17, 15) is 4.79 Å². The van der Waals surface area contributed by atoms with Crippen molar-refractivity contribution in [2.45, 2.75) is 39.3 Å². The highest BCUT2D eigenvalue weighted by molar-refractivity contribution is 5.80. The van der Waals surface area contributed by atoms with Crippen LogP contribution in [0.5, 0.6) is 11.5 Å². The monoisotopic (exact) mass is 295 g/mol. The van der Waals surface area contributed by atoms with Gasteiger partial charge >= 0.3 is 5.97 Å². The Kier molecular flexibility index (Phi) is 6.49. The molecule has 1 atom stereocenters. The van der Waals surface area contributed by atoms with Crippen molar-refractivity contribution in [1.82, 2.24) is 5.32 Å². The lowest BCUT2D eigenvalue weighted by Gasteiger charge is -2.30. The van der Waals surface area contributed by atoms with E-state index in [4.69, 9.17) is 14.2 Å². The van der Waals surface area contributed by atoms with Gasteiger partial charge in [0.1, 0.15) is 12.1 Å². The molecule has 1 aromatic rings. The number of methoxy groups -OCH3 is 1. The molecule has 118 valence electrons. The van der Waals surface area contributed by atoms with Crippen LogP contribution in [0.2, 0.25) is 0 Å². The minimum Gasteiger partial charge on any atom is -0.493 e. The van der Waals surface area contributed by atoms with Gasteiger partial charge in [-0.1, -0.05) is 12.1 Å². The molecule has 0 aliphatic rings. The Morgan fingerprint density at radius 2 is 1.90 bits per heavy atom. The molecule has 0 spiro atoms. The molecule has 1 rings (SSSR count). The van der Waals surface area contributed by atoms with E-state index in [0.29, 0.717) is 18.1 Å². The molecular weight excluding hydrogens is 270 g/mol. The molecule has 5 heteroatoms. The second kappa shape index (κ2) is 7.88. The zero-order valence-electron chi connectivity index (χ0n) is 13.4. The number of carbonyl (C=O) groups is 1. The summed E-state index contributed by atoms with van der Waals surface area (Å²) in [6, 6.07) is 7.46. The first kappa shape index (κ1) is 17.3. The zero-order valence-corrected chi connectivity index (χ0v) is 13.4. The van der Waals surface area contributed by atoms with E-state index in [1.165, 1.54) is 0 Å². The van der Waals surface area contributed by atoms with Crippen LogP contribution in [0.3, 0.4) is 0 Å². The van der Waals surface area contributed by atoms with E-state index >= 15 is 0 Å². The topological polar surface area (TPSA) is 56.8 Å².